The molecule has 0 spiro atoms. The SMILES string of the molecule is Cc1ccc(N)cc1S(=O)(=O)N(C)CC(=O)N1CCCC1. The lowest BCUT2D eigenvalue weighted by Crippen LogP contribution is -2.40. The Labute approximate surface area is 125 Å². The Morgan fingerprint density at radius 1 is 1.33 bits per heavy atom. The van der Waals surface area contributed by atoms with Crippen LogP contribution >= 0.6 is 0 Å². The maximum atomic E-state index is 12.6. The van der Waals surface area contributed by atoms with E-state index >= 15 is 0 Å². The average molecular weight is 311 g/mol. The number of likely N-dealkylation sites (N-methyl/N-ethyl adjacent to an activating group) is 1. The van der Waals surface area contributed by atoms with Crippen LogP contribution in [0.5, 0.6) is 0 Å². The van der Waals surface area contributed by atoms with Gasteiger partial charge in [-0.1, -0.05) is 6.07 Å². The van der Waals surface area contributed by atoms with Crippen molar-refractivity contribution >= 4 is 21.6 Å². The molecule has 6 nitrogen and oxygen atoms in total. The molecule has 1 fully saturated rings. The van der Waals surface area contributed by atoms with Crippen LogP contribution < -0.4 is 5.73 Å². The zero-order chi connectivity index (χ0) is 15.6. The Bertz CT molecular complexity index is 637. The Balaban J connectivity index is 2.18. The zero-order valence-corrected chi connectivity index (χ0v) is 13.2. The molecule has 1 aromatic carbocycles. The summed E-state index contributed by atoms with van der Waals surface area (Å²) in [6.07, 6.45) is 1.97. The summed E-state index contributed by atoms with van der Waals surface area (Å²) >= 11 is 0. The standard InChI is InChI=1S/C14H21N3O3S/c1-11-5-6-12(15)9-13(11)21(19,20)16(2)10-14(18)17-7-3-4-8-17/h5-6,9H,3-4,7-8,10,15H2,1-2H3. The number of aryl methyl sites for hydroxylation is 1. The van der Waals surface area contributed by atoms with Gasteiger partial charge < -0.3 is 10.6 Å². The van der Waals surface area contributed by atoms with Crippen LogP contribution in [0.15, 0.2) is 23.1 Å². The molecular weight excluding hydrogens is 290 g/mol. The number of carbonyl (C=O) groups excluding carboxylic acids is 1. The van der Waals surface area contributed by atoms with Crippen LogP contribution in [0, 0.1) is 6.92 Å². The second-order valence-corrected chi connectivity index (χ2v) is 7.39. The molecule has 0 unspecified atom stereocenters. The fourth-order valence-electron chi connectivity index (χ4n) is 2.40. The highest BCUT2D eigenvalue weighted by atomic mass is 32.2. The number of sulfonamides is 1. The number of nitrogen functional groups attached to an aromatic ring is 1. The van der Waals surface area contributed by atoms with E-state index in [0.717, 1.165) is 17.1 Å². The van der Waals surface area contributed by atoms with Gasteiger partial charge in [0.05, 0.1) is 11.4 Å². The molecule has 116 valence electrons. The highest BCUT2D eigenvalue weighted by molar-refractivity contribution is 7.89. The molecule has 7 heteroatoms. The Hall–Kier alpha value is -1.60. The second-order valence-electron chi connectivity index (χ2n) is 5.37. The second kappa shape index (κ2) is 6.03. The summed E-state index contributed by atoms with van der Waals surface area (Å²) in [4.78, 5) is 13.9. The van der Waals surface area contributed by atoms with Gasteiger partial charge in [-0.2, -0.15) is 4.31 Å². The molecule has 0 bridgehead atoms. The average Bonchev–Trinajstić information content (AvgIpc) is 2.95. The van der Waals surface area contributed by atoms with E-state index in [1.54, 1.807) is 24.0 Å². The Morgan fingerprint density at radius 2 is 1.95 bits per heavy atom. The van der Waals surface area contributed by atoms with Crippen molar-refractivity contribution in [1.82, 2.24) is 9.21 Å². The molecule has 21 heavy (non-hydrogen) atoms. The monoisotopic (exact) mass is 311 g/mol. The molecule has 1 saturated heterocycles. The molecule has 1 aliphatic heterocycles. The number of likely N-dealkylation sites (tertiary alicyclic amines) is 1. The Morgan fingerprint density at radius 3 is 2.57 bits per heavy atom. The van der Waals surface area contributed by atoms with Gasteiger partial charge in [0, 0.05) is 25.8 Å². The van der Waals surface area contributed by atoms with E-state index in [9.17, 15) is 13.2 Å². The normalized spacial score (nSPS) is 15.7. The maximum Gasteiger partial charge on any atom is 0.243 e. The summed E-state index contributed by atoms with van der Waals surface area (Å²) in [6, 6.07) is 4.75. The van der Waals surface area contributed by atoms with Crippen LogP contribution in [0.3, 0.4) is 0 Å². The topological polar surface area (TPSA) is 83.7 Å². The van der Waals surface area contributed by atoms with Crippen molar-refractivity contribution in [1.29, 1.82) is 0 Å². The van der Waals surface area contributed by atoms with Crippen molar-refractivity contribution in [2.24, 2.45) is 0 Å². The number of amides is 1. The molecule has 0 atom stereocenters. The lowest BCUT2D eigenvalue weighted by atomic mass is 10.2. The van der Waals surface area contributed by atoms with Gasteiger partial charge in [0.25, 0.3) is 0 Å². The van der Waals surface area contributed by atoms with Gasteiger partial charge in [-0.15, -0.1) is 0 Å². The summed E-state index contributed by atoms with van der Waals surface area (Å²) in [5.74, 6) is -0.153. The first-order chi connectivity index (χ1) is 9.82. The van der Waals surface area contributed by atoms with Gasteiger partial charge in [-0.3, -0.25) is 4.79 Å². The van der Waals surface area contributed by atoms with Crippen molar-refractivity contribution in [3.05, 3.63) is 23.8 Å². The summed E-state index contributed by atoms with van der Waals surface area (Å²) in [5.41, 5.74) is 6.67. The summed E-state index contributed by atoms with van der Waals surface area (Å²) in [5, 5.41) is 0. The molecule has 2 rings (SSSR count). The number of benzene rings is 1. The fourth-order valence-corrected chi connectivity index (χ4v) is 3.78. The third kappa shape index (κ3) is 3.36. The van der Waals surface area contributed by atoms with Crippen molar-refractivity contribution in [3.63, 3.8) is 0 Å². The number of nitrogens with two attached hydrogens (primary N) is 1. The number of rotatable bonds is 4. The summed E-state index contributed by atoms with van der Waals surface area (Å²) in [6.45, 7) is 2.99. The predicted molar refractivity (Wildman–Crippen MR) is 81.2 cm³/mol. The van der Waals surface area contributed by atoms with Gasteiger partial charge in [0.1, 0.15) is 0 Å². The minimum atomic E-state index is -3.71. The first-order valence-electron chi connectivity index (χ1n) is 6.92. The van der Waals surface area contributed by atoms with Gasteiger partial charge in [-0.05, 0) is 37.5 Å². The van der Waals surface area contributed by atoms with E-state index in [1.807, 2.05) is 0 Å². The lowest BCUT2D eigenvalue weighted by molar-refractivity contribution is -0.130. The number of nitrogens with zero attached hydrogens (tertiary/aromatic N) is 2. The van der Waals surface area contributed by atoms with Gasteiger partial charge in [-0.25, -0.2) is 8.42 Å². The number of carbonyl (C=O) groups is 1. The first kappa shape index (κ1) is 15.8. The quantitative estimate of drug-likeness (QED) is 0.834. The lowest BCUT2D eigenvalue weighted by Gasteiger charge is -2.22. The highest BCUT2D eigenvalue weighted by Crippen LogP contribution is 2.21. The van der Waals surface area contributed by atoms with Crippen molar-refractivity contribution < 1.29 is 13.2 Å². The van der Waals surface area contributed by atoms with E-state index in [2.05, 4.69) is 0 Å². The minimum absolute atomic E-state index is 0.142. The van der Waals surface area contributed by atoms with E-state index in [-0.39, 0.29) is 17.3 Å². The highest BCUT2D eigenvalue weighted by Gasteiger charge is 2.27. The first-order valence-corrected chi connectivity index (χ1v) is 8.36. The molecule has 1 aromatic rings. The van der Waals surface area contributed by atoms with E-state index < -0.39 is 10.0 Å². The maximum absolute atomic E-state index is 12.6. The third-order valence-corrected chi connectivity index (χ3v) is 5.66. The molecule has 0 radical (unpaired) electrons. The van der Waals surface area contributed by atoms with Gasteiger partial charge >= 0.3 is 0 Å². The predicted octanol–water partition coefficient (Wildman–Crippen LogP) is 0.820. The molecule has 0 aromatic heterocycles. The van der Waals surface area contributed by atoms with Crippen molar-refractivity contribution in [2.75, 3.05) is 32.4 Å². The van der Waals surface area contributed by atoms with E-state index in [4.69, 9.17) is 5.73 Å². The van der Waals surface area contributed by atoms with Crippen LogP contribution in [-0.4, -0.2) is 50.2 Å². The molecule has 0 saturated carbocycles. The summed E-state index contributed by atoms with van der Waals surface area (Å²) < 4.78 is 26.2. The third-order valence-electron chi connectivity index (χ3n) is 3.72. The van der Waals surface area contributed by atoms with Crippen LogP contribution in [0.1, 0.15) is 18.4 Å². The van der Waals surface area contributed by atoms with Crippen molar-refractivity contribution in [2.45, 2.75) is 24.7 Å². The van der Waals surface area contributed by atoms with E-state index in [0.29, 0.717) is 24.3 Å². The van der Waals surface area contributed by atoms with Crippen LogP contribution in [0.4, 0.5) is 5.69 Å². The number of anilines is 1. The van der Waals surface area contributed by atoms with Gasteiger partial charge in [0.15, 0.2) is 0 Å². The van der Waals surface area contributed by atoms with Crippen molar-refractivity contribution in [3.8, 4) is 0 Å². The molecule has 2 N–H and O–H groups in total. The molecule has 1 amide bonds. The number of hydrogen-bond acceptors (Lipinski definition) is 4. The Kier molecular flexibility index (Phi) is 4.53. The fraction of sp³-hybridized carbons (Fsp3) is 0.500. The molecule has 1 heterocycles. The van der Waals surface area contributed by atoms with E-state index in [1.165, 1.54) is 13.1 Å². The molecule has 0 aliphatic carbocycles. The number of hydrogen-bond donors (Lipinski definition) is 1. The summed E-state index contributed by atoms with van der Waals surface area (Å²) in [7, 11) is -2.29. The van der Waals surface area contributed by atoms with Gasteiger partial charge in [0.2, 0.25) is 15.9 Å². The van der Waals surface area contributed by atoms with Crippen LogP contribution in [0.25, 0.3) is 0 Å². The molecular formula is C14H21N3O3S. The minimum Gasteiger partial charge on any atom is -0.399 e. The largest absolute Gasteiger partial charge is 0.399 e. The van der Waals surface area contributed by atoms with Crippen LogP contribution in [-0.2, 0) is 14.8 Å². The smallest absolute Gasteiger partial charge is 0.243 e. The van der Waals surface area contributed by atoms with Crippen LogP contribution in [0.2, 0.25) is 0 Å². The zero-order valence-electron chi connectivity index (χ0n) is 12.4. The molecule has 1 aliphatic rings.